The number of nitrogens with zero attached hydrogens (tertiary/aromatic N) is 1. The Hall–Kier alpha value is -1.03. The van der Waals surface area contributed by atoms with Gasteiger partial charge in [-0.2, -0.15) is 0 Å². The van der Waals surface area contributed by atoms with Gasteiger partial charge in [0.25, 0.3) is 0 Å². The molecule has 0 spiro atoms. The van der Waals surface area contributed by atoms with E-state index >= 15 is 0 Å². The van der Waals surface area contributed by atoms with E-state index in [0.29, 0.717) is 0 Å². The molecular formula is C13H21NO3. The molecule has 2 heterocycles. The van der Waals surface area contributed by atoms with Gasteiger partial charge in [0.15, 0.2) is 0 Å². The van der Waals surface area contributed by atoms with E-state index in [9.17, 15) is 9.90 Å². The first-order valence-corrected chi connectivity index (χ1v) is 6.16. The summed E-state index contributed by atoms with van der Waals surface area (Å²) in [5.74, 6) is 0.125. The van der Waals surface area contributed by atoms with Crippen LogP contribution < -0.4 is 0 Å². The summed E-state index contributed by atoms with van der Waals surface area (Å²) in [6.45, 7) is 9.48. The van der Waals surface area contributed by atoms with Crippen molar-refractivity contribution in [2.75, 3.05) is 0 Å². The lowest BCUT2D eigenvalue weighted by atomic mass is 9.76. The zero-order chi connectivity index (χ0) is 12.8. The quantitative estimate of drug-likeness (QED) is 0.660. The summed E-state index contributed by atoms with van der Waals surface area (Å²) in [7, 11) is 0. The van der Waals surface area contributed by atoms with Gasteiger partial charge in [-0.25, -0.2) is 4.79 Å². The van der Waals surface area contributed by atoms with Gasteiger partial charge in [0.1, 0.15) is 11.8 Å². The van der Waals surface area contributed by atoms with Crippen LogP contribution in [0.4, 0.5) is 4.79 Å². The van der Waals surface area contributed by atoms with Crippen LogP contribution in [0.25, 0.3) is 0 Å². The minimum atomic E-state index is -0.714. The van der Waals surface area contributed by atoms with E-state index in [-0.39, 0.29) is 12.0 Å². The number of rotatable bonds is 0. The fourth-order valence-electron chi connectivity index (χ4n) is 2.70. The summed E-state index contributed by atoms with van der Waals surface area (Å²) in [6.07, 6.45) is 1.53. The maximum Gasteiger partial charge on any atom is 0.412 e. The highest BCUT2D eigenvalue weighted by Crippen LogP contribution is 2.41. The number of amides is 1. The molecule has 17 heavy (non-hydrogen) atoms. The molecule has 2 aliphatic heterocycles. The summed E-state index contributed by atoms with van der Waals surface area (Å²) >= 11 is 0. The molecule has 96 valence electrons. The summed E-state index contributed by atoms with van der Waals surface area (Å²) in [6, 6.07) is -0.0511. The Kier molecular flexibility index (Phi) is 2.94. The minimum absolute atomic E-state index is 0.0511. The van der Waals surface area contributed by atoms with Crippen LogP contribution in [0.15, 0.2) is 12.2 Å². The number of hydrogen-bond donors (Lipinski definition) is 1. The number of carbonyl (C=O) groups is 1. The number of fused-ring (bicyclic) bond motifs is 3. The Morgan fingerprint density at radius 2 is 2.12 bits per heavy atom. The van der Waals surface area contributed by atoms with Crippen molar-refractivity contribution in [3.8, 4) is 0 Å². The molecule has 0 aromatic carbocycles. The third kappa shape index (κ3) is 2.32. The van der Waals surface area contributed by atoms with Gasteiger partial charge in [0.05, 0.1) is 6.04 Å². The van der Waals surface area contributed by atoms with Gasteiger partial charge >= 0.3 is 6.09 Å². The molecule has 0 radical (unpaired) electrons. The molecule has 1 aliphatic carbocycles. The maximum absolute atomic E-state index is 12.1. The molecule has 3 atom stereocenters. The fourth-order valence-corrected chi connectivity index (χ4v) is 2.70. The number of aliphatic hydroxyl groups is 1. The highest BCUT2D eigenvalue weighted by atomic mass is 16.6. The molecule has 2 saturated heterocycles. The summed E-state index contributed by atoms with van der Waals surface area (Å²) < 4.78 is 5.33. The van der Waals surface area contributed by atoms with Crippen LogP contribution in [-0.2, 0) is 4.74 Å². The first kappa shape index (κ1) is 12.4. The number of piperidine rings is 2. The standard InChI is InChI=1S/C13H21NO3/c1-8-7-9-5-6-10(8)14(11(9)15)12(16)17-13(2,3)4/h9-11,15H,1,5-7H2,2-4H3/t9-,10?,11?/m1/s1. The average Bonchev–Trinajstić information content (AvgIpc) is 2.16. The van der Waals surface area contributed by atoms with E-state index in [4.69, 9.17) is 4.74 Å². The third-order valence-corrected chi connectivity index (χ3v) is 3.45. The monoisotopic (exact) mass is 239 g/mol. The number of carbonyl (C=O) groups excluding carboxylic acids is 1. The second kappa shape index (κ2) is 4.02. The van der Waals surface area contributed by atoms with Crippen molar-refractivity contribution in [1.82, 2.24) is 4.90 Å². The Morgan fingerprint density at radius 3 is 2.65 bits per heavy atom. The van der Waals surface area contributed by atoms with Crippen LogP contribution in [-0.4, -0.2) is 34.0 Å². The van der Waals surface area contributed by atoms with E-state index in [1.165, 1.54) is 4.90 Å². The first-order valence-electron chi connectivity index (χ1n) is 6.16. The smallest absolute Gasteiger partial charge is 0.412 e. The SMILES string of the molecule is C=C1C[C@H]2CCC1N(C(=O)OC(C)(C)C)C2O. The van der Waals surface area contributed by atoms with Crippen molar-refractivity contribution in [3.63, 3.8) is 0 Å². The van der Waals surface area contributed by atoms with Gasteiger partial charge in [0, 0.05) is 5.92 Å². The third-order valence-electron chi connectivity index (χ3n) is 3.45. The highest BCUT2D eigenvalue weighted by molar-refractivity contribution is 5.70. The Morgan fingerprint density at radius 1 is 1.47 bits per heavy atom. The molecular weight excluding hydrogens is 218 g/mol. The molecule has 3 rings (SSSR count). The van der Waals surface area contributed by atoms with E-state index in [0.717, 1.165) is 24.8 Å². The molecule has 4 nitrogen and oxygen atoms in total. The Labute approximate surface area is 102 Å². The second-order valence-electron chi connectivity index (χ2n) is 6.02. The van der Waals surface area contributed by atoms with E-state index in [1.54, 1.807) is 0 Å². The lowest BCUT2D eigenvalue weighted by molar-refractivity contribution is -0.104. The molecule has 1 amide bonds. The van der Waals surface area contributed by atoms with Crippen LogP contribution >= 0.6 is 0 Å². The highest BCUT2D eigenvalue weighted by Gasteiger charge is 2.46. The van der Waals surface area contributed by atoms with Crippen LogP contribution in [0.2, 0.25) is 0 Å². The second-order valence-corrected chi connectivity index (χ2v) is 6.02. The molecule has 0 aromatic heterocycles. The zero-order valence-electron chi connectivity index (χ0n) is 10.8. The average molecular weight is 239 g/mol. The molecule has 2 unspecified atom stereocenters. The van der Waals surface area contributed by atoms with Crippen molar-refractivity contribution in [3.05, 3.63) is 12.2 Å². The van der Waals surface area contributed by atoms with E-state index in [2.05, 4.69) is 6.58 Å². The topological polar surface area (TPSA) is 49.8 Å². The minimum Gasteiger partial charge on any atom is -0.444 e. The first-order chi connectivity index (χ1) is 7.79. The van der Waals surface area contributed by atoms with Crippen molar-refractivity contribution < 1.29 is 14.6 Å². The maximum atomic E-state index is 12.1. The Balaban J connectivity index is 2.14. The molecule has 3 aliphatic rings. The van der Waals surface area contributed by atoms with E-state index < -0.39 is 17.9 Å². The van der Waals surface area contributed by atoms with Crippen LogP contribution in [0.3, 0.4) is 0 Å². The van der Waals surface area contributed by atoms with Crippen molar-refractivity contribution in [2.45, 2.75) is 57.9 Å². The number of hydrogen-bond acceptors (Lipinski definition) is 3. The fraction of sp³-hybridized carbons (Fsp3) is 0.769. The summed E-state index contributed by atoms with van der Waals surface area (Å²) in [5, 5.41) is 10.1. The molecule has 4 heteroatoms. The van der Waals surface area contributed by atoms with Gasteiger partial charge in [-0.3, -0.25) is 4.90 Å². The zero-order valence-corrected chi connectivity index (χ0v) is 10.8. The van der Waals surface area contributed by atoms with Crippen molar-refractivity contribution in [1.29, 1.82) is 0 Å². The molecule has 0 aromatic rings. The Bertz CT molecular complexity index is 345. The van der Waals surface area contributed by atoms with Crippen molar-refractivity contribution >= 4 is 6.09 Å². The molecule has 3 fully saturated rings. The van der Waals surface area contributed by atoms with E-state index in [1.807, 2.05) is 20.8 Å². The van der Waals surface area contributed by atoms with Gasteiger partial charge in [-0.15, -0.1) is 0 Å². The van der Waals surface area contributed by atoms with Gasteiger partial charge in [0.2, 0.25) is 0 Å². The van der Waals surface area contributed by atoms with Crippen LogP contribution in [0.5, 0.6) is 0 Å². The van der Waals surface area contributed by atoms with Crippen molar-refractivity contribution in [2.24, 2.45) is 5.92 Å². The normalized spacial score (nSPS) is 32.8. The lowest BCUT2D eigenvalue weighted by Crippen LogP contribution is -2.59. The molecule has 1 N–H and O–H groups in total. The molecule has 2 bridgehead atoms. The van der Waals surface area contributed by atoms with Crippen LogP contribution in [0.1, 0.15) is 40.0 Å². The summed E-state index contributed by atoms with van der Waals surface area (Å²) in [5.41, 5.74) is 0.506. The largest absolute Gasteiger partial charge is 0.444 e. The summed E-state index contributed by atoms with van der Waals surface area (Å²) in [4.78, 5) is 13.5. The predicted molar refractivity (Wildman–Crippen MR) is 64.3 cm³/mol. The van der Waals surface area contributed by atoms with Gasteiger partial charge in [-0.1, -0.05) is 12.2 Å². The van der Waals surface area contributed by atoms with Crippen LogP contribution in [0, 0.1) is 5.92 Å². The number of ether oxygens (including phenoxy) is 1. The predicted octanol–water partition coefficient (Wildman–Crippen LogP) is 2.28. The lowest BCUT2D eigenvalue weighted by Gasteiger charge is -2.49. The van der Waals surface area contributed by atoms with Gasteiger partial charge in [-0.05, 0) is 40.0 Å². The number of aliphatic hydroxyl groups excluding tert-OH is 1. The molecule has 1 saturated carbocycles. The van der Waals surface area contributed by atoms with Gasteiger partial charge < -0.3 is 9.84 Å².